The van der Waals surface area contributed by atoms with Crippen LogP contribution in [0, 0.1) is 5.92 Å². The zero-order valence-electron chi connectivity index (χ0n) is 14.4. The second-order valence-electron chi connectivity index (χ2n) is 6.50. The lowest BCUT2D eigenvalue weighted by Crippen LogP contribution is -2.42. The number of carbonyl (C=O) groups excluding carboxylic acids is 1. The first kappa shape index (κ1) is 19.7. The van der Waals surface area contributed by atoms with Crippen LogP contribution in [-0.2, 0) is 11.0 Å². The number of nitrogens with zero attached hydrogens (tertiary/aromatic N) is 1. The first-order valence-electron chi connectivity index (χ1n) is 8.66. The molecule has 0 aliphatic carbocycles. The molecule has 2 N–H and O–H groups in total. The summed E-state index contributed by atoms with van der Waals surface area (Å²) in [6, 6.07) is 4.61. The summed E-state index contributed by atoms with van der Waals surface area (Å²) in [4.78, 5) is 14.0. The summed E-state index contributed by atoms with van der Waals surface area (Å²) >= 11 is 0. The van der Waals surface area contributed by atoms with Crippen LogP contribution in [0.2, 0.25) is 0 Å². The number of rotatable bonds is 6. The molecule has 4 nitrogen and oxygen atoms in total. The van der Waals surface area contributed by atoms with Gasteiger partial charge in [-0.1, -0.05) is 19.1 Å². The van der Waals surface area contributed by atoms with Gasteiger partial charge in [0.25, 0.3) is 0 Å². The molecule has 1 aromatic carbocycles. The minimum absolute atomic E-state index is 0.00557. The molecule has 1 aliphatic rings. The Morgan fingerprint density at radius 3 is 2.40 bits per heavy atom. The molecule has 1 aromatic rings. The van der Waals surface area contributed by atoms with E-state index in [2.05, 4.69) is 5.32 Å². The van der Waals surface area contributed by atoms with Crippen molar-refractivity contribution in [2.75, 3.05) is 26.2 Å². The van der Waals surface area contributed by atoms with Gasteiger partial charge >= 0.3 is 6.18 Å². The van der Waals surface area contributed by atoms with E-state index in [4.69, 9.17) is 0 Å². The van der Waals surface area contributed by atoms with E-state index in [1.165, 1.54) is 12.1 Å². The minimum Gasteiger partial charge on any atom is -0.387 e. The molecule has 0 spiro atoms. The number of nitrogens with one attached hydrogen (secondary N) is 1. The first-order valence-corrected chi connectivity index (χ1v) is 8.66. The fourth-order valence-electron chi connectivity index (χ4n) is 3.01. The normalized spacial score (nSPS) is 18.1. The third-order valence-corrected chi connectivity index (χ3v) is 4.56. The molecule has 140 valence electrons. The largest absolute Gasteiger partial charge is 0.416 e. The van der Waals surface area contributed by atoms with Gasteiger partial charge in [0.05, 0.1) is 11.7 Å². The van der Waals surface area contributed by atoms with Crippen molar-refractivity contribution < 1.29 is 23.1 Å². The second kappa shape index (κ2) is 8.67. The number of aliphatic hydroxyl groups is 1. The van der Waals surface area contributed by atoms with E-state index in [0.717, 1.165) is 31.4 Å². The molecule has 0 unspecified atom stereocenters. The number of benzene rings is 1. The molecule has 0 aromatic heterocycles. The smallest absolute Gasteiger partial charge is 0.387 e. The van der Waals surface area contributed by atoms with Gasteiger partial charge in [-0.3, -0.25) is 4.79 Å². The van der Waals surface area contributed by atoms with E-state index < -0.39 is 17.8 Å². The minimum atomic E-state index is -4.37. The van der Waals surface area contributed by atoms with Crippen LogP contribution in [0.15, 0.2) is 24.3 Å². The van der Waals surface area contributed by atoms with E-state index in [-0.39, 0.29) is 11.8 Å². The SMILES string of the molecule is CCCNC(=O)C1CCN(C[C@H](O)c2ccc(C(F)(F)F)cc2)CC1. The quantitative estimate of drug-likeness (QED) is 0.822. The zero-order chi connectivity index (χ0) is 18.4. The molecule has 25 heavy (non-hydrogen) atoms. The van der Waals surface area contributed by atoms with Gasteiger partial charge in [-0.05, 0) is 50.0 Å². The molecule has 1 aliphatic heterocycles. The van der Waals surface area contributed by atoms with Crippen LogP contribution < -0.4 is 5.32 Å². The van der Waals surface area contributed by atoms with Gasteiger partial charge in [-0.25, -0.2) is 0 Å². The highest BCUT2D eigenvalue weighted by Crippen LogP contribution is 2.30. The van der Waals surface area contributed by atoms with Gasteiger partial charge < -0.3 is 15.3 Å². The number of alkyl halides is 3. The van der Waals surface area contributed by atoms with Crippen molar-refractivity contribution in [2.45, 2.75) is 38.5 Å². The third-order valence-electron chi connectivity index (χ3n) is 4.56. The number of β-amino-alcohol motifs (C(OH)–C–C–N with tert-alkyl or cyclic N) is 1. The van der Waals surface area contributed by atoms with Crippen LogP contribution in [0.1, 0.15) is 43.4 Å². The molecule has 1 heterocycles. The molecular formula is C18H25F3N2O2. The Labute approximate surface area is 146 Å². The number of hydrogen-bond donors (Lipinski definition) is 2. The lowest BCUT2D eigenvalue weighted by atomic mass is 9.95. The standard InChI is InChI=1S/C18H25F3N2O2/c1-2-9-22-17(25)14-7-10-23(11-8-14)12-16(24)13-3-5-15(6-4-13)18(19,20)21/h3-6,14,16,24H,2,7-12H2,1H3,(H,22,25)/t16-/m0/s1. The van der Waals surface area contributed by atoms with Crippen LogP contribution in [0.3, 0.4) is 0 Å². The Morgan fingerprint density at radius 2 is 1.88 bits per heavy atom. The Balaban J connectivity index is 1.82. The van der Waals surface area contributed by atoms with Gasteiger partial charge in [-0.2, -0.15) is 13.2 Å². The molecular weight excluding hydrogens is 333 g/mol. The summed E-state index contributed by atoms with van der Waals surface area (Å²) in [7, 11) is 0. The van der Waals surface area contributed by atoms with Gasteiger partial charge in [0.15, 0.2) is 0 Å². The lowest BCUT2D eigenvalue weighted by molar-refractivity contribution is -0.137. The van der Waals surface area contributed by atoms with E-state index in [1.54, 1.807) is 0 Å². The first-order chi connectivity index (χ1) is 11.8. The Kier molecular flexibility index (Phi) is 6.84. The fraction of sp³-hybridized carbons (Fsp3) is 0.611. The van der Waals surface area contributed by atoms with Crippen LogP contribution in [-0.4, -0.2) is 42.1 Å². The third kappa shape index (κ3) is 5.71. The molecule has 2 rings (SSSR count). The van der Waals surface area contributed by atoms with E-state index in [1.807, 2.05) is 11.8 Å². The van der Waals surface area contributed by atoms with Gasteiger partial charge in [0.1, 0.15) is 0 Å². The summed E-state index contributed by atoms with van der Waals surface area (Å²) in [5.41, 5.74) is -0.252. The molecule has 7 heteroatoms. The van der Waals surface area contributed by atoms with E-state index in [9.17, 15) is 23.1 Å². The predicted octanol–water partition coefficient (Wildman–Crippen LogP) is 2.98. The van der Waals surface area contributed by atoms with Gasteiger partial charge in [0, 0.05) is 19.0 Å². The van der Waals surface area contributed by atoms with E-state index in [0.29, 0.717) is 31.7 Å². The number of carbonyl (C=O) groups is 1. The van der Waals surface area contributed by atoms with Crippen LogP contribution in [0.4, 0.5) is 13.2 Å². The highest BCUT2D eigenvalue weighted by Gasteiger charge is 2.30. The lowest BCUT2D eigenvalue weighted by Gasteiger charge is -2.32. The monoisotopic (exact) mass is 358 g/mol. The average molecular weight is 358 g/mol. The van der Waals surface area contributed by atoms with Crippen LogP contribution in [0.25, 0.3) is 0 Å². The van der Waals surface area contributed by atoms with Crippen molar-refractivity contribution in [3.8, 4) is 0 Å². The zero-order valence-corrected chi connectivity index (χ0v) is 14.4. The molecule has 1 amide bonds. The molecule has 1 saturated heterocycles. The molecule has 1 atom stereocenters. The van der Waals surface area contributed by atoms with Gasteiger partial charge in [-0.15, -0.1) is 0 Å². The predicted molar refractivity (Wildman–Crippen MR) is 88.9 cm³/mol. The number of piperidine rings is 1. The Hall–Kier alpha value is -1.60. The Morgan fingerprint density at radius 1 is 1.28 bits per heavy atom. The van der Waals surface area contributed by atoms with Crippen molar-refractivity contribution in [2.24, 2.45) is 5.92 Å². The number of amides is 1. The molecule has 1 fully saturated rings. The summed E-state index contributed by atoms with van der Waals surface area (Å²) in [5, 5.41) is 13.2. The van der Waals surface area contributed by atoms with Crippen LogP contribution >= 0.6 is 0 Å². The summed E-state index contributed by atoms with van der Waals surface area (Å²) < 4.78 is 37.7. The maximum absolute atomic E-state index is 12.6. The van der Waals surface area contributed by atoms with Crippen molar-refractivity contribution >= 4 is 5.91 Å². The number of hydrogen-bond acceptors (Lipinski definition) is 3. The summed E-state index contributed by atoms with van der Waals surface area (Å²) in [6.45, 7) is 4.44. The average Bonchev–Trinajstić information content (AvgIpc) is 2.59. The van der Waals surface area contributed by atoms with Crippen molar-refractivity contribution in [3.63, 3.8) is 0 Å². The molecule has 0 bridgehead atoms. The summed E-state index contributed by atoms with van der Waals surface area (Å²) in [6.07, 6.45) is -2.84. The fourth-order valence-corrected chi connectivity index (χ4v) is 3.01. The maximum Gasteiger partial charge on any atom is 0.416 e. The van der Waals surface area contributed by atoms with Gasteiger partial charge in [0.2, 0.25) is 5.91 Å². The number of likely N-dealkylation sites (tertiary alicyclic amines) is 1. The number of halogens is 3. The number of aliphatic hydroxyl groups excluding tert-OH is 1. The summed E-state index contributed by atoms with van der Waals surface area (Å²) in [5.74, 6) is 0.0933. The topological polar surface area (TPSA) is 52.6 Å². The highest BCUT2D eigenvalue weighted by atomic mass is 19.4. The molecule has 0 saturated carbocycles. The maximum atomic E-state index is 12.6. The highest BCUT2D eigenvalue weighted by molar-refractivity contribution is 5.78. The van der Waals surface area contributed by atoms with Crippen molar-refractivity contribution in [3.05, 3.63) is 35.4 Å². The van der Waals surface area contributed by atoms with Crippen molar-refractivity contribution in [1.29, 1.82) is 0 Å². The van der Waals surface area contributed by atoms with Crippen LogP contribution in [0.5, 0.6) is 0 Å². The van der Waals surface area contributed by atoms with E-state index >= 15 is 0 Å². The van der Waals surface area contributed by atoms with Crippen molar-refractivity contribution in [1.82, 2.24) is 10.2 Å². The molecule has 0 radical (unpaired) electrons. The Bertz CT molecular complexity index is 552. The second-order valence-corrected chi connectivity index (χ2v) is 6.50.